The molecule has 0 saturated heterocycles. The lowest BCUT2D eigenvalue weighted by atomic mass is 9.76. The zero-order valence-electron chi connectivity index (χ0n) is 11.1. The molecule has 19 heavy (non-hydrogen) atoms. The van der Waals surface area contributed by atoms with Gasteiger partial charge in [0, 0.05) is 30.9 Å². The van der Waals surface area contributed by atoms with Crippen molar-refractivity contribution in [2.75, 3.05) is 0 Å². The van der Waals surface area contributed by atoms with E-state index in [2.05, 4.69) is 15.5 Å². The first-order chi connectivity index (χ1) is 8.96. The van der Waals surface area contributed by atoms with Crippen molar-refractivity contribution in [3.8, 4) is 0 Å². The number of pyridine rings is 1. The van der Waals surface area contributed by atoms with Crippen LogP contribution in [0.1, 0.15) is 43.5 Å². The number of rotatable bonds is 2. The van der Waals surface area contributed by atoms with Gasteiger partial charge in [-0.05, 0) is 24.0 Å². The maximum Gasteiger partial charge on any atom is 0.272 e. The zero-order chi connectivity index (χ0) is 13.9. The Labute approximate surface area is 112 Å². The van der Waals surface area contributed by atoms with Crippen LogP contribution >= 0.6 is 0 Å². The number of ketones is 1. The number of hydrogen-bond acceptors (Lipinski definition) is 4. The Morgan fingerprint density at radius 3 is 2.84 bits per heavy atom. The van der Waals surface area contributed by atoms with Crippen molar-refractivity contribution >= 4 is 17.4 Å². The predicted molar refractivity (Wildman–Crippen MR) is 71.8 cm³/mol. The van der Waals surface area contributed by atoms with Crippen molar-refractivity contribution in [1.82, 2.24) is 10.4 Å². The van der Waals surface area contributed by atoms with E-state index in [1.165, 1.54) is 6.20 Å². The molecular weight excluding hydrogens is 242 g/mol. The molecule has 0 aliphatic heterocycles. The number of nitrogens with one attached hydrogen (secondary N) is 1. The lowest BCUT2D eigenvalue weighted by Gasteiger charge is -2.28. The summed E-state index contributed by atoms with van der Waals surface area (Å²) in [5.74, 6) is -0.137. The number of hydrogen-bond donors (Lipinski definition) is 1. The molecule has 1 aliphatic carbocycles. The highest BCUT2D eigenvalue weighted by atomic mass is 16.2. The van der Waals surface area contributed by atoms with Crippen LogP contribution in [0.3, 0.4) is 0 Å². The second kappa shape index (κ2) is 5.30. The predicted octanol–water partition coefficient (Wildman–Crippen LogP) is 1.95. The van der Waals surface area contributed by atoms with E-state index < -0.39 is 0 Å². The van der Waals surface area contributed by atoms with Crippen LogP contribution in [-0.4, -0.2) is 22.4 Å². The number of aromatic nitrogens is 1. The minimum absolute atomic E-state index is 0.0762. The molecule has 0 radical (unpaired) electrons. The Hall–Kier alpha value is -2.04. The number of carbonyl (C=O) groups excluding carboxylic acids is 2. The maximum absolute atomic E-state index is 11.8. The fourth-order valence-corrected chi connectivity index (χ4v) is 2.27. The van der Waals surface area contributed by atoms with Crippen LogP contribution in [0.4, 0.5) is 0 Å². The fourth-order valence-electron chi connectivity index (χ4n) is 2.27. The third-order valence-corrected chi connectivity index (χ3v) is 3.00. The summed E-state index contributed by atoms with van der Waals surface area (Å²) in [4.78, 5) is 27.3. The van der Waals surface area contributed by atoms with E-state index >= 15 is 0 Å². The van der Waals surface area contributed by atoms with Crippen LogP contribution in [0.25, 0.3) is 0 Å². The molecule has 0 spiro atoms. The molecular formula is C14H17N3O2. The average molecular weight is 259 g/mol. The SMILES string of the molecule is CC1(C)CC(=O)C/C(=N/NC(=O)c2cccnc2)C1. The average Bonchev–Trinajstić information content (AvgIpc) is 2.34. The van der Waals surface area contributed by atoms with Crippen LogP contribution in [0.2, 0.25) is 0 Å². The van der Waals surface area contributed by atoms with Gasteiger partial charge in [-0.25, -0.2) is 5.43 Å². The minimum Gasteiger partial charge on any atom is -0.299 e. The number of hydrazone groups is 1. The topological polar surface area (TPSA) is 71.4 Å². The van der Waals surface area contributed by atoms with E-state index in [0.29, 0.717) is 18.4 Å². The van der Waals surface area contributed by atoms with Crippen LogP contribution < -0.4 is 5.43 Å². The van der Waals surface area contributed by atoms with Gasteiger partial charge < -0.3 is 0 Å². The summed E-state index contributed by atoms with van der Waals surface area (Å²) < 4.78 is 0. The second-order valence-electron chi connectivity index (χ2n) is 5.59. The second-order valence-corrected chi connectivity index (χ2v) is 5.59. The minimum atomic E-state index is -0.309. The summed E-state index contributed by atoms with van der Waals surface area (Å²) in [5.41, 5.74) is 3.59. The maximum atomic E-state index is 11.8. The van der Waals surface area contributed by atoms with Crippen molar-refractivity contribution in [2.24, 2.45) is 10.5 Å². The summed E-state index contributed by atoms with van der Waals surface area (Å²) in [5, 5.41) is 4.07. The van der Waals surface area contributed by atoms with Crippen molar-refractivity contribution in [1.29, 1.82) is 0 Å². The van der Waals surface area contributed by atoms with Gasteiger partial charge in [0.05, 0.1) is 5.56 Å². The first-order valence-electron chi connectivity index (χ1n) is 6.24. The number of nitrogens with zero attached hydrogens (tertiary/aromatic N) is 2. The Kier molecular flexibility index (Phi) is 3.74. The summed E-state index contributed by atoms with van der Waals surface area (Å²) in [7, 11) is 0. The molecule has 1 fully saturated rings. The molecule has 1 aromatic rings. The number of carbonyl (C=O) groups is 2. The van der Waals surface area contributed by atoms with Crippen LogP contribution in [0.15, 0.2) is 29.6 Å². The first-order valence-corrected chi connectivity index (χ1v) is 6.24. The molecule has 0 unspecified atom stereocenters. The van der Waals surface area contributed by atoms with Gasteiger partial charge in [0.25, 0.3) is 5.91 Å². The molecule has 0 aromatic carbocycles. The summed E-state index contributed by atoms with van der Waals surface area (Å²) in [6.45, 7) is 4.06. The molecule has 1 amide bonds. The largest absolute Gasteiger partial charge is 0.299 e. The van der Waals surface area contributed by atoms with Crippen molar-refractivity contribution in [3.63, 3.8) is 0 Å². The number of Topliss-reactive ketones (excluding diaryl/α,β-unsaturated/α-hetero) is 1. The van der Waals surface area contributed by atoms with Crippen molar-refractivity contribution in [2.45, 2.75) is 33.1 Å². The van der Waals surface area contributed by atoms with E-state index in [1.54, 1.807) is 18.3 Å². The molecule has 5 nitrogen and oxygen atoms in total. The van der Waals surface area contributed by atoms with Gasteiger partial charge in [0.1, 0.15) is 5.78 Å². The third-order valence-electron chi connectivity index (χ3n) is 3.00. The standard InChI is InChI=1S/C14H17N3O2/c1-14(2)7-11(6-12(18)8-14)16-17-13(19)10-4-3-5-15-9-10/h3-5,9H,6-8H2,1-2H3,(H,17,19)/b16-11-. The Morgan fingerprint density at radius 1 is 1.42 bits per heavy atom. The fraction of sp³-hybridized carbons (Fsp3) is 0.429. The molecule has 2 rings (SSSR count). The van der Waals surface area contributed by atoms with Crippen molar-refractivity contribution < 1.29 is 9.59 Å². The molecule has 1 saturated carbocycles. The highest BCUT2D eigenvalue weighted by Crippen LogP contribution is 2.31. The monoisotopic (exact) mass is 259 g/mol. The van der Waals surface area contributed by atoms with Crippen LogP contribution in [-0.2, 0) is 4.79 Å². The van der Waals surface area contributed by atoms with Gasteiger partial charge in [-0.2, -0.15) is 5.10 Å². The Morgan fingerprint density at radius 2 is 2.21 bits per heavy atom. The quantitative estimate of drug-likeness (QED) is 0.825. The molecule has 0 atom stereocenters. The number of amides is 1. The molecule has 100 valence electrons. The van der Waals surface area contributed by atoms with Gasteiger partial charge in [-0.1, -0.05) is 13.8 Å². The van der Waals surface area contributed by atoms with E-state index in [-0.39, 0.29) is 17.1 Å². The summed E-state index contributed by atoms with van der Waals surface area (Å²) in [6.07, 6.45) is 4.71. The van der Waals surface area contributed by atoms with E-state index in [4.69, 9.17) is 0 Å². The van der Waals surface area contributed by atoms with Gasteiger partial charge in [0.15, 0.2) is 0 Å². The normalized spacial score (nSPS) is 20.3. The van der Waals surface area contributed by atoms with E-state index in [0.717, 1.165) is 12.1 Å². The highest BCUT2D eigenvalue weighted by molar-refractivity contribution is 6.05. The van der Waals surface area contributed by atoms with Crippen LogP contribution in [0.5, 0.6) is 0 Å². The Bertz CT molecular complexity index is 521. The van der Waals surface area contributed by atoms with Crippen molar-refractivity contribution in [3.05, 3.63) is 30.1 Å². The molecule has 0 bridgehead atoms. The summed E-state index contributed by atoms with van der Waals surface area (Å²) in [6, 6.07) is 3.35. The van der Waals surface area contributed by atoms with Gasteiger partial charge in [-0.3, -0.25) is 14.6 Å². The molecule has 1 aromatic heterocycles. The molecule has 5 heteroatoms. The molecule has 1 aliphatic rings. The van der Waals surface area contributed by atoms with Gasteiger partial charge in [-0.15, -0.1) is 0 Å². The third kappa shape index (κ3) is 3.71. The highest BCUT2D eigenvalue weighted by Gasteiger charge is 2.30. The van der Waals surface area contributed by atoms with Gasteiger partial charge in [0.2, 0.25) is 0 Å². The Balaban J connectivity index is 2.03. The summed E-state index contributed by atoms with van der Waals surface area (Å²) >= 11 is 0. The van der Waals surface area contributed by atoms with Gasteiger partial charge >= 0.3 is 0 Å². The molecule has 1 heterocycles. The smallest absolute Gasteiger partial charge is 0.272 e. The van der Waals surface area contributed by atoms with E-state index in [9.17, 15) is 9.59 Å². The lowest BCUT2D eigenvalue weighted by molar-refractivity contribution is -0.120. The van der Waals surface area contributed by atoms with E-state index in [1.807, 2.05) is 13.8 Å². The zero-order valence-corrected chi connectivity index (χ0v) is 11.1. The van der Waals surface area contributed by atoms with Crippen LogP contribution in [0, 0.1) is 5.41 Å². The lowest BCUT2D eigenvalue weighted by Crippen LogP contribution is -2.31. The molecule has 1 N–H and O–H groups in total. The first kappa shape index (κ1) is 13.4.